The van der Waals surface area contributed by atoms with Gasteiger partial charge in [0, 0.05) is 6.54 Å². The van der Waals surface area contributed by atoms with Gasteiger partial charge in [-0.05, 0) is 6.42 Å². The largest absolute Gasteiger partial charge is 0.378 e. The van der Waals surface area contributed by atoms with Crippen LogP contribution in [-0.4, -0.2) is 55.4 Å². The molecule has 0 aromatic heterocycles. The first-order valence-electron chi connectivity index (χ1n) is 6.04. The van der Waals surface area contributed by atoms with Gasteiger partial charge in [0.05, 0.1) is 19.0 Å². The molecule has 0 saturated carbocycles. The Morgan fingerprint density at radius 1 is 1.50 bits per heavy atom. The van der Waals surface area contributed by atoms with Crippen LogP contribution in [0.15, 0.2) is 0 Å². The molecule has 7 nitrogen and oxygen atoms in total. The second-order valence-electron chi connectivity index (χ2n) is 4.20. The summed E-state index contributed by atoms with van der Waals surface area (Å²) >= 11 is 0. The topological polar surface area (TPSA) is 95.9 Å². The molecule has 1 rings (SSSR count). The summed E-state index contributed by atoms with van der Waals surface area (Å²) in [5, 5.41) is 8.61. The maximum atomic E-state index is 12.1. The van der Waals surface area contributed by atoms with Gasteiger partial charge >= 0.3 is 0 Å². The molecular weight excluding hydrogens is 260 g/mol. The molecule has 1 atom stereocenters. The fraction of sp³-hybridized carbons (Fsp3) is 0.900. The normalized spacial score (nSPS) is 21.8. The van der Waals surface area contributed by atoms with Gasteiger partial charge in [-0.15, -0.1) is 0 Å². The predicted molar refractivity (Wildman–Crippen MR) is 64.6 cm³/mol. The van der Waals surface area contributed by atoms with Crippen LogP contribution < -0.4 is 5.48 Å². The number of carbonyl (C=O) groups is 1. The van der Waals surface area contributed by atoms with Crippen LogP contribution >= 0.6 is 0 Å². The van der Waals surface area contributed by atoms with Gasteiger partial charge in [0.2, 0.25) is 10.0 Å². The number of amides is 1. The van der Waals surface area contributed by atoms with E-state index in [0.29, 0.717) is 6.42 Å². The van der Waals surface area contributed by atoms with Crippen molar-refractivity contribution in [2.75, 3.05) is 25.5 Å². The Bertz CT molecular complexity index is 370. The lowest BCUT2D eigenvalue weighted by atomic mass is 10.3. The van der Waals surface area contributed by atoms with Crippen molar-refractivity contribution in [1.82, 2.24) is 9.79 Å². The molecule has 2 N–H and O–H groups in total. The SMILES string of the molecule is CCCCCS(=O)(=O)N1CCOCC1C(=O)NO. The van der Waals surface area contributed by atoms with Crippen LogP contribution in [0.1, 0.15) is 26.2 Å². The Morgan fingerprint density at radius 2 is 2.22 bits per heavy atom. The molecule has 1 amide bonds. The van der Waals surface area contributed by atoms with E-state index in [1.807, 2.05) is 6.92 Å². The molecule has 0 aliphatic carbocycles. The summed E-state index contributed by atoms with van der Waals surface area (Å²) in [4.78, 5) is 11.4. The number of hydrogen-bond acceptors (Lipinski definition) is 5. The summed E-state index contributed by atoms with van der Waals surface area (Å²) in [5.41, 5.74) is 1.48. The van der Waals surface area contributed by atoms with E-state index in [1.54, 1.807) is 0 Å². The molecule has 18 heavy (non-hydrogen) atoms. The van der Waals surface area contributed by atoms with Crippen molar-refractivity contribution in [1.29, 1.82) is 0 Å². The van der Waals surface area contributed by atoms with Crippen molar-refractivity contribution in [3.8, 4) is 0 Å². The maximum absolute atomic E-state index is 12.1. The zero-order valence-electron chi connectivity index (χ0n) is 10.5. The second kappa shape index (κ2) is 7.03. The van der Waals surface area contributed by atoms with Crippen LogP contribution in [0.3, 0.4) is 0 Å². The first kappa shape index (κ1) is 15.4. The number of rotatable bonds is 6. The van der Waals surface area contributed by atoms with Crippen LogP contribution in [0, 0.1) is 0 Å². The Labute approximate surface area is 107 Å². The van der Waals surface area contributed by atoms with E-state index < -0.39 is 22.0 Å². The quantitative estimate of drug-likeness (QED) is 0.396. The lowest BCUT2D eigenvalue weighted by molar-refractivity contribution is -0.137. The lowest BCUT2D eigenvalue weighted by Gasteiger charge is -2.32. The standard InChI is InChI=1S/C10H20N2O5S/c1-2-3-4-7-18(15,16)12-5-6-17-8-9(12)10(13)11-14/h9,14H,2-8H2,1H3,(H,11,13). The van der Waals surface area contributed by atoms with Gasteiger partial charge in [-0.25, -0.2) is 13.9 Å². The van der Waals surface area contributed by atoms with Crippen molar-refractivity contribution in [2.45, 2.75) is 32.2 Å². The van der Waals surface area contributed by atoms with E-state index in [-0.39, 0.29) is 25.5 Å². The lowest BCUT2D eigenvalue weighted by Crippen LogP contribution is -2.55. The summed E-state index contributed by atoms with van der Waals surface area (Å²) in [7, 11) is -3.48. The Morgan fingerprint density at radius 3 is 2.83 bits per heavy atom. The van der Waals surface area contributed by atoms with Gasteiger partial charge < -0.3 is 4.74 Å². The predicted octanol–water partition coefficient (Wildman–Crippen LogP) is -0.287. The fourth-order valence-electron chi connectivity index (χ4n) is 1.85. The molecule has 0 bridgehead atoms. The molecule has 106 valence electrons. The van der Waals surface area contributed by atoms with Crippen LogP contribution in [-0.2, 0) is 19.6 Å². The number of nitrogens with zero attached hydrogens (tertiary/aromatic N) is 1. The third kappa shape index (κ3) is 3.91. The first-order valence-corrected chi connectivity index (χ1v) is 7.65. The number of nitrogens with one attached hydrogen (secondary N) is 1. The third-order valence-electron chi connectivity index (χ3n) is 2.86. The van der Waals surface area contributed by atoms with Gasteiger partial charge in [-0.2, -0.15) is 4.31 Å². The van der Waals surface area contributed by atoms with Gasteiger partial charge in [0.25, 0.3) is 5.91 Å². The van der Waals surface area contributed by atoms with Crippen molar-refractivity contribution in [3.05, 3.63) is 0 Å². The van der Waals surface area contributed by atoms with E-state index in [2.05, 4.69) is 0 Å². The summed E-state index contributed by atoms with van der Waals surface area (Å²) in [6.07, 6.45) is 2.34. The van der Waals surface area contributed by atoms with Crippen LogP contribution in [0.5, 0.6) is 0 Å². The molecule has 1 aliphatic heterocycles. The van der Waals surface area contributed by atoms with Crippen molar-refractivity contribution in [3.63, 3.8) is 0 Å². The molecule has 1 heterocycles. The Balaban J connectivity index is 2.73. The van der Waals surface area contributed by atoms with Gasteiger partial charge in [0.15, 0.2) is 0 Å². The van der Waals surface area contributed by atoms with Crippen molar-refractivity contribution in [2.24, 2.45) is 0 Å². The van der Waals surface area contributed by atoms with Gasteiger partial charge in [-0.1, -0.05) is 19.8 Å². The van der Waals surface area contributed by atoms with Crippen molar-refractivity contribution >= 4 is 15.9 Å². The minimum Gasteiger partial charge on any atom is -0.378 e. The number of ether oxygens (including phenoxy) is 1. The molecule has 1 saturated heterocycles. The molecule has 0 radical (unpaired) electrons. The summed E-state index contributed by atoms with van der Waals surface area (Å²) < 4.78 is 30.4. The Kier molecular flexibility index (Phi) is 6.00. The summed E-state index contributed by atoms with van der Waals surface area (Å²) in [6.45, 7) is 2.37. The summed E-state index contributed by atoms with van der Waals surface area (Å²) in [6, 6.07) is -0.977. The van der Waals surface area contributed by atoms with E-state index >= 15 is 0 Å². The van der Waals surface area contributed by atoms with E-state index in [1.165, 1.54) is 5.48 Å². The zero-order chi connectivity index (χ0) is 13.6. The smallest absolute Gasteiger partial charge is 0.264 e. The van der Waals surface area contributed by atoms with E-state index in [0.717, 1.165) is 17.1 Å². The highest BCUT2D eigenvalue weighted by Gasteiger charge is 2.36. The minimum absolute atomic E-state index is 0.0239. The zero-order valence-corrected chi connectivity index (χ0v) is 11.3. The molecule has 1 fully saturated rings. The molecular formula is C10H20N2O5S. The van der Waals surface area contributed by atoms with Crippen molar-refractivity contribution < 1.29 is 23.2 Å². The highest BCUT2D eigenvalue weighted by molar-refractivity contribution is 7.89. The number of hydrogen-bond donors (Lipinski definition) is 2. The molecule has 0 aromatic carbocycles. The average molecular weight is 280 g/mol. The third-order valence-corrected chi connectivity index (χ3v) is 4.81. The number of sulfonamides is 1. The molecule has 1 aliphatic rings. The number of carbonyl (C=O) groups excluding carboxylic acids is 1. The Hall–Kier alpha value is -0.700. The van der Waals surface area contributed by atoms with Crippen LogP contribution in [0.4, 0.5) is 0 Å². The first-order chi connectivity index (χ1) is 8.53. The maximum Gasteiger partial charge on any atom is 0.264 e. The molecule has 8 heteroatoms. The van der Waals surface area contributed by atoms with E-state index in [9.17, 15) is 13.2 Å². The van der Waals surface area contributed by atoms with Crippen LogP contribution in [0.25, 0.3) is 0 Å². The second-order valence-corrected chi connectivity index (χ2v) is 6.24. The highest BCUT2D eigenvalue weighted by atomic mass is 32.2. The fourth-order valence-corrected chi connectivity index (χ4v) is 3.55. The molecule has 0 aromatic rings. The number of hydroxylamine groups is 1. The molecule has 0 spiro atoms. The monoisotopic (exact) mass is 280 g/mol. The average Bonchev–Trinajstić information content (AvgIpc) is 2.38. The van der Waals surface area contributed by atoms with E-state index in [4.69, 9.17) is 9.94 Å². The number of unbranched alkanes of at least 4 members (excludes halogenated alkanes) is 2. The van der Waals surface area contributed by atoms with Crippen LogP contribution in [0.2, 0.25) is 0 Å². The van der Waals surface area contributed by atoms with Gasteiger partial charge in [0.1, 0.15) is 6.04 Å². The minimum atomic E-state index is -3.48. The number of morpholine rings is 1. The highest BCUT2D eigenvalue weighted by Crippen LogP contribution is 2.14. The summed E-state index contributed by atoms with van der Waals surface area (Å²) in [5.74, 6) is -0.732. The van der Waals surface area contributed by atoms with Gasteiger partial charge in [-0.3, -0.25) is 10.0 Å². The molecule has 1 unspecified atom stereocenters.